The third kappa shape index (κ3) is 3.65. The molecule has 6 nitrogen and oxygen atoms in total. The summed E-state index contributed by atoms with van der Waals surface area (Å²) in [6.45, 7) is 2.03. The van der Waals surface area contributed by atoms with Crippen LogP contribution in [0.1, 0.15) is 22.5 Å². The number of halogens is 1. The van der Waals surface area contributed by atoms with Crippen LogP contribution >= 0.6 is 22.6 Å². The topological polar surface area (TPSA) is 72.9 Å². The minimum atomic E-state index is -1.54. The van der Waals surface area contributed by atoms with E-state index in [4.69, 9.17) is 0 Å². The first-order valence-corrected chi connectivity index (χ1v) is 11.9. The number of benzene rings is 2. The van der Waals surface area contributed by atoms with Crippen LogP contribution in [0, 0.1) is 10.5 Å². The van der Waals surface area contributed by atoms with Crippen LogP contribution in [0.5, 0.6) is 0 Å². The summed E-state index contributed by atoms with van der Waals surface area (Å²) in [5.41, 5.74) is 3.64. The first-order valence-electron chi connectivity index (χ1n) is 10.8. The zero-order valence-corrected chi connectivity index (χ0v) is 21.2. The van der Waals surface area contributed by atoms with Crippen molar-refractivity contribution in [2.75, 3.05) is 0 Å². The lowest BCUT2D eigenvalue weighted by atomic mass is 9.86. The molecule has 0 saturated heterocycles. The number of fused-ring (bicyclic) bond motifs is 1. The predicted octanol–water partition coefficient (Wildman–Crippen LogP) is 4.53. The zero-order valence-electron chi connectivity index (χ0n) is 19.0. The minimum Gasteiger partial charge on any atom is -0.373 e. The van der Waals surface area contributed by atoms with Crippen molar-refractivity contribution in [2.24, 2.45) is 14.1 Å². The van der Waals surface area contributed by atoms with Gasteiger partial charge in [-0.3, -0.25) is 9.78 Å². The second-order valence-electron chi connectivity index (χ2n) is 8.52. The molecule has 0 spiro atoms. The van der Waals surface area contributed by atoms with Gasteiger partial charge in [-0.15, -0.1) is 0 Å². The molecule has 0 aliphatic heterocycles. The SMILES string of the molecule is Cc1cccc(-c2cc(=O)n(C)c3cnc([C@](O)(c4ccc(I)cc4)c4cncn4C)cc23)c1. The molecular weight excluding hydrogens is 539 g/mol. The van der Waals surface area contributed by atoms with E-state index in [-0.39, 0.29) is 5.56 Å². The van der Waals surface area contributed by atoms with Crippen LogP contribution < -0.4 is 5.56 Å². The van der Waals surface area contributed by atoms with Crippen LogP contribution in [0.4, 0.5) is 0 Å². The van der Waals surface area contributed by atoms with E-state index >= 15 is 0 Å². The Morgan fingerprint density at radius 2 is 1.76 bits per heavy atom. The van der Waals surface area contributed by atoms with Gasteiger partial charge in [-0.2, -0.15) is 0 Å². The van der Waals surface area contributed by atoms with Gasteiger partial charge in [-0.1, -0.05) is 42.0 Å². The maximum Gasteiger partial charge on any atom is 0.251 e. The van der Waals surface area contributed by atoms with Gasteiger partial charge in [-0.05, 0) is 64.4 Å². The zero-order chi connectivity index (χ0) is 24.0. The van der Waals surface area contributed by atoms with Crippen LogP contribution in [0.25, 0.3) is 22.0 Å². The monoisotopic (exact) mass is 562 g/mol. The highest BCUT2D eigenvalue weighted by molar-refractivity contribution is 14.1. The van der Waals surface area contributed by atoms with E-state index in [1.165, 1.54) is 0 Å². The van der Waals surface area contributed by atoms with Gasteiger partial charge in [0.1, 0.15) is 0 Å². The molecule has 0 aliphatic carbocycles. The number of aryl methyl sites for hydroxylation is 3. The van der Waals surface area contributed by atoms with Crippen molar-refractivity contribution >= 4 is 33.5 Å². The third-order valence-electron chi connectivity index (χ3n) is 6.28. The number of hydrogen-bond donors (Lipinski definition) is 1. The van der Waals surface area contributed by atoms with E-state index in [9.17, 15) is 9.90 Å². The predicted molar refractivity (Wildman–Crippen MR) is 142 cm³/mol. The lowest BCUT2D eigenvalue weighted by molar-refractivity contribution is 0.113. The maximum absolute atomic E-state index is 12.8. The van der Waals surface area contributed by atoms with Crippen molar-refractivity contribution in [3.05, 3.63) is 116 Å². The Morgan fingerprint density at radius 3 is 2.44 bits per heavy atom. The Kier molecular flexibility index (Phi) is 5.61. The lowest BCUT2D eigenvalue weighted by Gasteiger charge is -2.29. The van der Waals surface area contributed by atoms with Crippen LogP contribution in [-0.2, 0) is 19.7 Å². The molecule has 0 unspecified atom stereocenters. The molecule has 0 aliphatic rings. The fourth-order valence-electron chi connectivity index (χ4n) is 4.42. The Balaban J connectivity index is 1.84. The molecular formula is C27H23IN4O2. The van der Waals surface area contributed by atoms with Crippen molar-refractivity contribution in [2.45, 2.75) is 12.5 Å². The van der Waals surface area contributed by atoms with E-state index in [1.54, 1.807) is 41.0 Å². The summed E-state index contributed by atoms with van der Waals surface area (Å²) in [6, 6.07) is 19.3. The molecule has 0 bridgehead atoms. The average molecular weight is 562 g/mol. The Morgan fingerprint density at radius 1 is 1.00 bits per heavy atom. The third-order valence-corrected chi connectivity index (χ3v) is 7.00. The highest BCUT2D eigenvalue weighted by atomic mass is 127. The molecule has 5 aromatic rings. The molecule has 34 heavy (non-hydrogen) atoms. The highest BCUT2D eigenvalue weighted by Gasteiger charge is 2.38. The molecule has 5 rings (SSSR count). The van der Waals surface area contributed by atoms with Gasteiger partial charge < -0.3 is 14.2 Å². The molecule has 1 N–H and O–H groups in total. The fraction of sp³-hybridized carbons (Fsp3) is 0.148. The smallest absolute Gasteiger partial charge is 0.251 e. The number of imidazole rings is 1. The molecule has 0 amide bonds. The van der Waals surface area contributed by atoms with Crippen molar-refractivity contribution < 1.29 is 5.11 Å². The molecule has 0 fully saturated rings. The summed E-state index contributed by atoms with van der Waals surface area (Å²) in [5, 5.41) is 13.1. The van der Waals surface area contributed by atoms with Crippen molar-refractivity contribution in [1.29, 1.82) is 0 Å². The summed E-state index contributed by atoms with van der Waals surface area (Å²) >= 11 is 2.24. The Bertz CT molecular complexity index is 1590. The van der Waals surface area contributed by atoms with Gasteiger partial charge in [0.2, 0.25) is 0 Å². The normalized spacial score (nSPS) is 13.2. The van der Waals surface area contributed by atoms with Gasteiger partial charge in [0, 0.05) is 29.1 Å². The van der Waals surface area contributed by atoms with Crippen molar-refractivity contribution in [3.8, 4) is 11.1 Å². The van der Waals surface area contributed by atoms with Crippen molar-refractivity contribution in [3.63, 3.8) is 0 Å². The van der Waals surface area contributed by atoms with Gasteiger partial charge in [0.05, 0.1) is 35.6 Å². The minimum absolute atomic E-state index is 0.113. The summed E-state index contributed by atoms with van der Waals surface area (Å²) in [5.74, 6) is 0. The van der Waals surface area contributed by atoms with E-state index < -0.39 is 5.60 Å². The fourth-order valence-corrected chi connectivity index (χ4v) is 4.78. The molecule has 7 heteroatoms. The quantitative estimate of drug-likeness (QED) is 0.327. The Labute approximate surface area is 210 Å². The molecule has 3 aromatic heterocycles. The molecule has 1 atom stereocenters. The summed E-state index contributed by atoms with van der Waals surface area (Å²) in [7, 11) is 3.58. The number of aliphatic hydroxyl groups is 1. The number of aromatic nitrogens is 4. The van der Waals surface area contributed by atoms with E-state index in [0.717, 1.165) is 25.6 Å². The van der Waals surface area contributed by atoms with Gasteiger partial charge >= 0.3 is 0 Å². The summed E-state index contributed by atoms with van der Waals surface area (Å²) in [4.78, 5) is 21.7. The Hall–Kier alpha value is -3.30. The number of rotatable bonds is 4. The van der Waals surface area contributed by atoms with Crippen LogP contribution in [0.2, 0.25) is 0 Å². The van der Waals surface area contributed by atoms with E-state index in [0.29, 0.717) is 22.5 Å². The average Bonchev–Trinajstić information content (AvgIpc) is 3.27. The summed E-state index contributed by atoms with van der Waals surface area (Å²) < 4.78 is 4.45. The van der Waals surface area contributed by atoms with E-state index in [2.05, 4.69) is 38.6 Å². The molecule has 0 saturated carbocycles. The van der Waals surface area contributed by atoms with Gasteiger partial charge in [0.25, 0.3) is 5.56 Å². The number of pyridine rings is 2. The van der Waals surface area contributed by atoms with Gasteiger partial charge in [0.15, 0.2) is 5.60 Å². The largest absolute Gasteiger partial charge is 0.373 e. The number of hydrogen-bond acceptors (Lipinski definition) is 4. The second kappa shape index (κ2) is 8.48. The highest BCUT2D eigenvalue weighted by Crippen LogP contribution is 2.38. The molecule has 170 valence electrons. The summed E-state index contributed by atoms with van der Waals surface area (Å²) in [6.07, 6.45) is 4.99. The maximum atomic E-state index is 12.8. The van der Waals surface area contributed by atoms with Crippen LogP contribution in [0.15, 0.2) is 84.2 Å². The van der Waals surface area contributed by atoms with Crippen LogP contribution in [0.3, 0.4) is 0 Å². The molecule has 0 radical (unpaired) electrons. The molecule has 3 heterocycles. The standard InChI is InChI=1S/C27H23IN4O2/c1-17-5-4-6-18(11-17)21-13-26(33)32(3)23-14-30-24(12-22(21)23)27(34,25-15-29-16-31(25)2)19-7-9-20(28)10-8-19/h4-16,34H,1-3H3/t27-/m1/s1. The first-order chi connectivity index (χ1) is 16.3. The second-order valence-corrected chi connectivity index (χ2v) is 9.76. The van der Waals surface area contributed by atoms with E-state index in [1.807, 2.05) is 62.5 Å². The molecule has 2 aromatic carbocycles. The first kappa shape index (κ1) is 22.5. The lowest BCUT2D eigenvalue weighted by Crippen LogP contribution is -2.32. The number of nitrogens with zero attached hydrogens (tertiary/aromatic N) is 4. The van der Waals surface area contributed by atoms with Crippen LogP contribution in [-0.4, -0.2) is 24.2 Å². The van der Waals surface area contributed by atoms with Crippen molar-refractivity contribution in [1.82, 2.24) is 19.1 Å². The van der Waals surface area contributed by atoms with Gasteiger partial charge in [-0.25, -0.2) is 4.98 Å².